The van der Waals surface area contributed by atoms with Gasteiger partial charge in [0.1, 0.15) is 0 Å². The van der Waals surface area contributed by atoms with Gasteiger partial charge in [0, 0.05) is 13.1 Å². The SMILES string of the molecule is CCCON(CCC)CCC.[Cl][Ti][Cl]. The van der Waals surface area contributed by atoms with E-state index < -0.39 is 17.0 Å². The zero-order valence-electron chi connectivity index (χ0n) is 9.35. The Labute approximate surface area is 105 Å². The molecule has 14 heavy (non-hydrogen) atoms. The first-order chi connectivity index (χ1) is 6.76. The first-order valence-electron chi connectivity index (χ1n) is 5.10. The van der Waals surface area contributed by atoms with Crippen molar-refractivity contribution in [3.05, 3.63) is 0 Å². The predicted octanol–water partition coefficient (Wildman–Crippen LogP) is 3.83. The molecule has 0 aliphatic rings. The van der Waals surface area contributed by atoms with Crippen molar-refractivity contribution in [1.82, 2.24) is 5.06 Å². The minimum absolute atomic E-state index is 0.556. The molecule has 0 saturated heterocycles. The van der Waals surface area contributed by atoms with E-state index in [-0.39, 0.29) is 0 Å². The third kappa shape index (κ3) is 15.7. The van der Waals surface area contributed by atoms with Crippen LogP contribution in [0.4, 0.5) is 0 Å². The second-order valence-corrected chi connectivity index (χ2v) is 5.41. The van der Waals surface area contributed by atoms with Gasteiger partial charge in [-0.05, 0) is 19.3 Å². The van der Waals surface area contributed by atoms with Crippen LogP contribution >= 0.6 is 18.6 Å². The molecule has 0 radical (unpaired) electrons. The fourth-order valence-electron chi connectivity index (χ4n) is 0.960. The number of hydrogen-bond acceptors (Lipinski definition) is 2. The Morgan fingerprint density at radius 3 is 1.71 bits per heavy atom. The van der Waals surface area contributed by atoms with Crippen molar-refractivity contribution in [2.45, 2.75) is 40.0 Å². The van der Waals surface area contributed by atoms with Gasteiger partial charge in [0.2, 0.25) is 0 Å². The van der Waals surface area contributed by atoms with Crippen LogP contribution in [0.25, 0.3) is 0 Å². The third-order valence-corrected chi connectivity index (χ3v) is 1.42. The van der Waals surface area contributed by atoms with Crippen LogP contribution in [0.2, 0.25) is 0 Å². The molecule has 0 unspecified atom stereocenters. The first-order valence-corrected chi connectivity index (χ1v) is 9.40. The molecule has 0 aromatic carbocycles. The van der Waals surface area contributed by atoms with Gasteiger partial charge in [0.05, 0.1) is 6.61 Å². The summed E-state index contributed by atoms with van der Waals surface area (Å²) >= 11 is -0.556. The zero-order valence-corrected chi connectivity index (χ0v) is 12.4. The Hall–Kier alpha value is 1.21. The van der Waals surface area contributed by atoms with E-state index in [1.165, 1.54) is 12.8 Å². The Balaban J connectivity index is 0. The van der Waals surface area contributed by atoms with Gasteiger partial charge in [0.15, 0.2) is 0 Å². The molecule has 86 valence electrons. The molecule has 0 N–H and O–H groups in total. The van der Waals surface area contributed by atoms with Crippen LogP contribution in [0.5, 0.6) is 0 Å². The van der Waals surface area contributed by atoms with Gasteiger partial charge in [-0.2, -0.15) is 5.06 Å². The molecular formula is C9H21Cl2NOTi. The molecule has 5 heteroatoms. The Kier molecular flexibility index (Phi) is 20.9. The molecule has 0 heterocycles. The van der Waals surface area contributed by atoms with Crippen LogP contribution in [0.3, 0.4) is 0 Å². The summed E-state index contributed by atoms with van der Waals surface area (Å²) in [6.45, 7) is 9.48. The van der Waals surface area contributed by atoms with Gasteiger partial charge in [-0.3, -0.25) is 4.84 Å². The third-order valence-electron chi connectivity index (χ3n) is 1.42. The molecule has 0 aliphatic carbocycles. The molecular weight excluding hydrogens is 257 g/mol. The van der Waals surface area contributed by atoms with Crippen molar-refractivity contribution in [2.75, 3.05) is 19.7 Å². The molecule has 0 spiro atoms. The number of hydroxylamine groups is 2. The average Bonchev–Trinajstić information content (AvgIpc) is 2.16. The Morgan fingerprint density at radius 2 is 1.43 bits per heavy atom. The van der Waals surface area contributed by atoms with Gasteiger partial charge in [-0.15, -0.1) is 0 Å². The topological polar surface area (TPSA) is 12.5 Å². The summed E-state index contributed by atoms with van der Waals surface area (Å²) < 4.78 is 0. The summed E-state index contributed by atoms with van der Waals surface area (Å²) in [5.41, 5.74) is 0. The van der Waals surface area contributed by atoms with Crippen LogP contribution in [-0.4, -0.2) is 24.8 Å². The van der Waals surface area contributed by atoms with Crippen LogP contribution in [0.15, 0.2) is 0 Å². The van der Waals surface area contributed by atoms with E-state index in [1.807, 2.05) is 0 Å². The summed E-state index contributed by atoms with van der Waals surface area (Å²) in [6.07, 6.45) is 3.44. The van der Waals surface area contributed by atoms with E-state index in [4.69, 9.17) is 23.4 Å². The maximum absolute atomic E-state index is 5.51. The summed E-state index contributed by atoms with van der Waals surface area (Å²) in [6, 6.07) is 0. The van der Waals surface area contributed by atoms with Crippen LogP contribution in [-0.2, 0) is 21.9 Å². The quantitative estimate of drug-likeness (QED) is 0.518. The van der Waals surface area contributed by atoms with Crippen molar-refractivity contribution in [3.8, 4) is 0 Å². The van der Waals surface area contributed by atoms with Gasteiger partial charge in [0.25, 0.3) is 0 Å². The molecule has 0 aliphatic heterocycles. The van der Waals surface area contributed by atoms with Gasteiger partial charge in [-0.25, -0.2) is 0 Å². The molecule has 0 bridgehead atoms. The van der Waals surface area contributed by atoms with E-state index in [1.54, 1.807) is 0 Å². The molecule has 0 fully saturated rings. The molecule has 0 aromatic rings. The second kappa shape index (κ2) is 16.6. The maximum atomic E-state index is 5.51. The molecule has 2 nitrogen and oxygen atoms in total. The normalized spacial score (nSPS) is 9.57. The van der Waals surface area contributed by atoms with Crippen molar-refractivity contribution >= 4 is 18.6 Å². The summed E-state index contributed by atoms with van der Waals surface area (Å²) in [4.78, 5) is 5.51. The molecule has 0 atom stereocenters. The van der Waals surface area contributed by atoms with E-state index in [0.29, 0.717) is 0 Å². The van der Waals surface area contributed by atoms with Crippen molar-refractivity contribution in [1.29, 1.82) is 0 Å². The fraction of sp³-hybridized carbons (Fsp3) is 1.00. The van der Waals surface area contributed by atoms with E-state index in [9.17, 15) is 0 Å². The Morgan fingerprint density at radius 1 is 1.00 bits per heavy atom. The number of rotatable bonds is 7. The summed E-state index contributed by atoms with van der Waals surface area (Å²) in [5, 5.41) is 2.07. The Bertz CT molecular complexity index is 92.9. The molecule has 0 saturated carbocycles. The van der Waals surface area contributed by atoms with E-state index >= 15 is 0 Å². The average molecular weight is 278 g/mol. The standard InChI is InChI=1S/C9H21NO.2ClH.Ti/c1-4-7-10(8-5-2)11-9-6-3;;;/h4-9H2,1-3H3;2*1H;/q;;;+2/p-2. The van der Waals surface area contributed by atoms with Crippen molar-refractivity contribution in [3.63, 3.8) is 0 Å². The van der Waals surface area contributed by atoms with Crippen LogP contribution in [0.1, 0.15) is 40.0 Å². The fourth-order valence-corrected chi connectivity index (χ4v) is 0.960. The first kappa shape index (κ1) is 17.6. The molecule has 0 rings (SSSR count). The van der Waals surface area contributed by atoms with E-state index in [0.717, 1.165) is 26.1 Å². The zero-order chi connectivity index (χ0) is 11.2. The van der Waals surface area contributed by atoms with Gasteiger partial charge >= 0.3 is 35.6 Å². The predicted molar refractivity (Wildman–Crippen MR) is 60.1 cm³/mol. The van der Waals surface area contributed by atoms with Crippen molar-refractivity contribution < 1.29 is 21.9 Å². The molecule has 0 aromatic heterocycles. The van der Waals surface area contributed by atoms with Crippen molar-refractivity contribution in [2.24, 2.45) is 0 Å². The summed E-state index contributed by atoms with van der Waals surface area (Å²) in [5.74, 6) is 0. The number of halogens is 2. The van der Waals surface area contributed by atoms with Crippen LogP contribution in [0, 0.1) is 0 Å². The second-order valence-electron chi connectivity index (χ2n) is 2.83. The van der Waals surface area contributed by atoms with Gasteiger partial charge in [-0.1, -0.05) is 20.8 Å². The van der Waals surface area contributed by atoms with Gasteiger partial charge < -0.3 is 0 Å². The number of hydrogen-bond donors (Lipinski definition) is 0. The monoisotopic (exact) mass is 277 g/mol. The summed E-state index contributed by atoms with van der Waals surface area (Å²) in [7, 11) is 9.78. The van der Waals surface area contributed by atoms with E-state index in [2.05, 4.69) is 25.8 Å². The van der Waals surface area contributed by atoms with Crippen LogP contribution < -0.4 is 0 Å². The number of nitrogens with zero attached hydrogens (tertiary/aromatic N) is 1. The minimum atomic E-state index is -0.556. The molecule has 0 amide bonds.